The van der Waals surface area contributed by atoms with Gasteiger partial charge >= 0.3 is 5.97 Å². The fourth-order valence-electron chi connectivity index (χ4n) is 1.52. The van der Waals surface area contributed by atoms with E-state index in [1.54, 1.807) is 18.2 Å². The van der Waals surface area contributed by atoms with E-state index in [0.29, 0.717) is 5.02 Å². The molecule has 0 saturated carbocycles. The maximum absolute atomic E-state index is 10.5. The van der Waals surface area contributed by atoms with Crippen LogP contribution in [0.2, 0.25) is 5.02 Å². The third-order valence-corrected chi connectivity index (χ3v) is 2.53. The van der Waals surface area contributed by atoms with Gasteiger partial charge < -0.3 is 9.67 Å². The Morgan fingerprint density at radius 1 is 1.24 bits per heavy atom. The van der Waals surface area contributed by atoms with Crippen LogP contribution in [-0.2, 0) is 4.79 Å². The molecule has 17 heavy (non-hydrogen) atoms. The summed E-state index contributed by atoms with van der Waals surface area (Å²) in [6.07, 6.45) is 4.53. The van der Waals surface area contributed by atoms with Gasteiger partial charge in [0, 0.05) is 28.7 Å². The molecule has 1 aromatic carbocycles. The van der Waals surface area contributed by atoms with Crippen molar-refractivity contribution in [1.82, 2.24) is 4.57 Å². The van der Waals surface area contributed by atoms with E-state index >= 15 is 0 Å². The lowest BCUT2D eigenvalue weighted by atomic mass is 10.3. The van der Waals surface area contributed by atoms with Crippen molar-refractivity contribution in [2.75, 3.05) is 0 Å². The quantitative estimate of drug-likeness (QED) is 0.846. The van der Waals surface area contributed by atoms with Crippen molar-refractivity contribution in [1.29, 1.82) is 0 Å². The van der Waals surface area contributed by atoms with Crippen molar-refractivity contribution >= 4 is 23.6 Å². The zero-order chi connectivity index (χ0) is 12.3. The molecule has 0 amide bonds. The summed E-state index contributed by atoms with van der Waals surface area (Å²) in [7, 11) is 0. The van der Waals surface area contributed by atoms with Crippen molar-refractivity contribution in [3.8, 4) is 5.69 Å². The molecule has 4 heteroatoms. The standard InChI is InChI=1S/C13H10ClNO2/c14-10-3-5-12(6-4-10)15-9-1-2-11(15)7-8-13(16)17/h1-9H,(H,16,17). The van der Waals surface area contributed by atoms with E-state index in [2.05, 4.69) is 0 Å². The van der Waals surface area contributed by atoms with Crippen molar-refractivity contribution in [3.05, 3.63) is 59.4 Å². The van der Waals surface area contributed by atoms with Gasteiger partial charge in [0.15, 0.2) is 0 Å². The van der Waals surface area contributed by atoms with Crippen molar-refractivity contribution in [2.24, 2.45) is 0 Å². The summed E-state index contributed by atoms with van der Waals surface area (Å²) in [5.41, 5.74) is 1.74. The third-order valence-electron chi connectivity index (χ3n) is 2.28. The van der Waals surface area contributed by atoms with Crippen molar-refractivity contribution in [3.63, 3.8) is 0 Å². The number of aromatic nitrogens is 1. The molecule has 0 aliphatic rings. The second-order valence-electron chi connectivity index (χ2n) is 3.45. The molecule has 1 N–H and O–H groups in total. The fraction of sp³-hybridized carbons (Fsp3) is 0. The van der Waals surface area contributed by atoms with Crippen LogP contribution in [0.3, 0.4) is 0 Å². The van der Waals surface area contributed by atoms with Gasteiger partial charge in [-0.15, -0.1) is 0 Å². The van der Waals surface area contributed by atoms with Crippen LogP contribution in [0, 0.1) is 0 Å². The van der Waals surface area contributed by atoms with E-state index in [9.17, 15) is 4.79 Å². The van der Waals surface area contributed by atoms with E-state index < -0.39 is 5.97 Å². The van der Waals surface area contributed by atoms with E-state index in [1.807, 2.05) is 35.0 Å². The lowest BCUT2D eigenvalue weighted by Crippen LogP contribution is -1.95. The van der Waals surface area contributed by atoms with Gasteiger partial charge in [-0.2, -0.15) is 0 Å². The predicted octanol–water partition coefficient (Wildman–Crippen LogP) is 3.23. The Kier molecular flexibility index (Phi) is 3.30. The SMILES string of the molecule is O=C(O)C=Cc1cccn1-c1ccc(Cl)cc1. The Balaban J connectivity index is 2.36. The molecule has 0 radical (unpaired) electrons. The highest BCUT2D eigenvalue weighted by Gasteiger charge is 2.00. The number of carboxylic acids is 1. The predicted molar refractivity (Wildman–Crippen MR) is 67.4 cm³/mol. The van der Waals surface area contributed by atoms with Gasteiger partial charge in [-0.05, 0) is 42.5 Å². The molecular weight excluding hydrogens is 238 g/mol. The van der Waals surface area contributed by atoms with E-state index in [4.69, 9.17) is 16.7 Å². The third kappa shape index (κ3) is 2.77. The van der Waals surface area contributed by atoms with Gasteiger partial charge in [0.05, 0.1) is 0 Å². The average molecular weight is 248 g/mol. The lowest BCUT2D eigenvalue weighted by Gasteiger charge is -2.06. The van der Waals surface area contributed by atoms with Crippen molar-refractivity contribution in [2.45, 2.75) is 0 Å². The van der Waals surface area contributed by atoms with Crippen LogP contribution in [0.1, 0.15) is 5.69 Å². The highest BCUT2D eigenvalue weighted by molar-refractivity contribution is 6.30. The number of hydrogen-bond donors (Lipinski definition) is 1. The molecule has 1 aromatic heterocycles. The molecule has 0 aliphatic carbocycles. The van der Waals surface area contributed by atoms with Gasteiger partial charge in [-0.25, -0.2) is 4.79 Å². The number of nitrogens with zero attached hydrogens (tertiary/aromatic N) is 1. The molecule has 0 fully saturated rings. The molecule has 0 aliphatic heterocycles. The molecule has 2 rings (SSSR count). The Morgan fingerprint density at radius 3 is 2.59 bits per heavy atom. The van der Waals surface area contributed by atoms with Gasteiger partial charge in [0.2, 0.25) is 0 Å². The monoisotopic (exact) mass is 247 g/mol. The molecular formula is C13H10ClNO2. The molecule has 0 atom stereocenters. The normalized spacial score (nSPS) is 10.9. The zero-order valence-electron chi connectivity index (χ0n) is 8.88. The highest BCUT2D eigenvalue weighted by atomic mass is 35.5. The summed E-state index contributed by atoms with van der Waals surface area (Å²) in [4.78, 5) is 10.5. The van der Waals surface area contributed by atoms with Crippen LogP contribution in [0.4, 0.5) is 0 Å². The van der Waals surface area contributed by atoms with E-state index in [-0.39, 0.29) is 0 Å². The van der Waals surface area contributed by atoms with Crippen LogP contribution >= 0.6 is 11.6 Å². The first-order valence-corrected chi connectivity index (χ1v) is 5.39. The van der Waals surface area contributed by atoms with Gasteiger partial charge in [-0.1, -0.05) is 11.6 Å². The Morgan fingerprint density at radius 2 is 1.94 bits per heavy atom. The Bertz CT molecular complexity index is 555. The van der Waals surface area contributed by atoms with Crippen LogP contribution in [0.5, 0.6) is 0 Å². The Labute approximate surface area is 104 Å². The second-order valence-corrected chi connectivity index (χ2v) is 3.89. The first-order valence-electron chi connectivity index (χ1n) is 5.01. The second kappa shape index (κ2) is 4.89. The minimum Gasteiger partial charge on any atom is -0.478 e. The summed E-state index contributed by atoms with van der Waals surface area (Å²) >= 11 is 5.81. The summed E-state index contributed by atoms with van der Waals surface area (Å²) in [5, 5.41) is 9.27. The summed E-state index contributed by atoms with van der Waals surface area (Å²) in [5.74, 6) is -0.964. The maximum Gasteiger partial charge on any atom is 0.328 e. The summed E-state index contributed by atoms with van der Waals surface area (Å²) in [6, 6.07) is 11.0. The lowest BCUT2D eigenvalue weighted by molar-refractivity contribution is -0.131. The maximum atomic E-state index is 10.5. The number of carboxylic acid groups (broad SMARTS) is 1. The first kappa shape index (κ1) is 11.5. The first-order chi connectivity index (χ1) is 8.16. The zero-order valence-corrected chi connectivity index (χ0v) is 9.63. The molecule has 86 valence electrons. The fourth-order valence-corrected chi connectivity index (χ4v) is 1.65. The number of benzene rings is 1. The number of hydrogen-bond acceptors (Lipinski definition) is 1. The molecule has 2 aromatic rings. The van der Waals surface area contributed by atoms with E-state index in [0.717, 1.165) is 17.5 Å². The molecule has 0 bridgehead atoms. The molecule has 1 heterocycles. The van der Waals surface area contributed by atoms with E-state index in [1.165, 1.54) is 0 Å². The molecule has 0 spiro atoms. The minimum absolute atomic E-state index is 0.670. The molecule has 0 unspecified atom stereocenters. The van der Waals surface area contributed by atoms with Crippen LogP contribution in [0.15, 0.2) is 48.7 Å². The average Bonchev–Trinajstić information content (AvgIpc) is 2.75. The molecule has 0 saturated heterocycles. The van der Waals surface area contributed by atoms with Crippen LogP contribution in [0.25, 0.3) is 11.8 Å². The van der Waals surface area contributed by atoms with Crippen molar-refractivity contribution < 1.29 is 9.90 Å². The number of halogens is 1. The van der Waals surface area contributed by atoms with Gasteiger partial charge in [0.25, 0.3) is 0 Å². The molecule has 3 nitrogen and oxygen atoms in total. The Hall–Kier alpha value is -2.00. The topological polar surface area (TPSA) is 42.2 Å². The van der Waals surface area contributed by atoms with Crippen LogP contribution < -0.4 is 0 Å². The number of aliphatic carboxylic acids is 1. The number of carbonyl (C=O) groups is 1. The number of rotatable bonds is 3. The smallest absolute Gasteiger partial charge is 0.328 e. The largest absolute Gasteiger partial charge is 0.478 e. The van der Waals surface area contributed by atoms with Gasteiger partial charge in [-0.3, -0.25) is 0 Å². The van der Waals surface area contributed by atoms with Crippen LogP contribution in [-0.4, -0.2) is 15.6 Å². The highest BCUT2D eigenvalue weighted by Crippen LogP contribution is 2.16. The summed E-state index contributed by atoms with van der Waals surface area (Å²) < 4.78 is 1.88. The summed E-state index contributed by atoms with van der Waals surface area (Å²) in [6.45, 7) is 0. The van der Waals surface area contributed by atoms with Gasteiger partial charge in [0.1, 0.15) is 0 Å². The minimum atomic E-state index is -0.964.